The standard InChI is InChI=1S/C20H20N2O4S/c21-13-16-4-1-2-5-17(16)14-27(23,24)22-9-3-6-18(22)15-7-8-19-20(12-15)26-11-10-25-19/h1-2,4-5,7-8,12,18H,3,6,9-11,14H2/t18-/m1/s1. The fourth-order valence-electron chi connectivity index (χ4n) is 3.71. The molecule has 0 aliphatic carbocycles. The summed E-state index contributed by atoms with van der Waals surface area (Å²) in [5.41, 5.74) is 1.85. The Morgan fingerprint density at radius 3 is 2.70 bits per heavy atom. The number of fused-ring (bicyclic) bond motifs is 1. The molecule has 0 aromatic heterocycles. The molecule has 2 heterocycles. The summed E-state index contributed by atoms with van der Waals surface area (Å²) in [6.45, 7) is 1.50. The normalized spacial score (nSPS) is 19.6. The van der Waals surface area contributed by atoms with Crippen molar-refractivity contribution >= 4 is 10.0 Å². The zero-order chi connectivity index (χ0) is 18.9. The van der Waals surface area contributed by atoms with Crippen LogP contribution >= 0.6 is 0 Å². The third-order valence-corrected chi connectivity index (χ3v) is 6.82. The molecule has 4 rings (SSSR count). The molecule has 0 N–H and O–H groups in total. The van der Waals surface area contributed by atoms with E-state index in [2.05, 4.69) is 6.07 Å². The van der Waals surface area contributed by atoms with Gasteiger partial charge in [-0.05, 0) is 42.2 Å². The number of hydrogen-bond donors (Lipinski definition) is 0. The zero-order valence-electron chi connectivity index (χ0n) is 14.8. The molecule has 27 heavy (non-hydrogen) atoms. The van der Waals surface area contributed by atoms with Gasteiger partial charge in [0.05, 0.1) is 17.4 Å². The van der Waals surface area contributed by atoms with Crippen LogP contribution in [0.5, 0.6) is 11.5 Å². The third kappa shape index (κ3) is 3.51. The number of rotatable bonds is 4. The number of ether oxygens (including phenoxy) is 2. The minimum absolute atomic E-state index is 0.169. The Bertz CT molecular complexity index is 997. The van der Waals surface area contributed by atoms with Gasteiger partial charge in [0.2, 0.25) is 10.0 Å². The van der Waals surface area contributed by atoms with Gasteiger partial charge < -0.3 is 9.47 Å². The molecular weight excluding hydrogens is 364 g/mol. The summed E-state index contributed by atoms with van der Waals surface area (Å²) < 4.78 is 39.0. The van der Waals surface area contributed by atoms with Gasteiger partial charge in [0.15, 0.2) is 11.5 Å². The molecule has 2 aliphatic rings. The first-order valence-electron chi connectivity index (χ1n) is 8.95. The smallest absolute Gasteiger partial charge is 0.218 e. The SMILES string of the molecule is N#Cc1ccccc1CS(=O)(=O)N1CCC[C@@H]1c1ccc2c(c1)OCCO2. The van der Waals surface area contributed by atoms with Crippen LogP contribution in [0.2, 0.25) is 0 Å². The number of benzene rings is 2. The lowest BCUT2D eigenvalue weighted by Crippen LogP contribution is -2.32. The van der Waals surface area contributed by atoms with Gasteiger partial charge in [-0.1, -0.05) is 24.3 Å². The Kier molecular flexibility index (Phi) is 4.77. The van der Waals surface area contributed by atoms with E-state index in [1.165, 1.54) is 0 Å². The molecule has 140 valence electrons. The number of nitriles is 1. The van der Waals surface area contributed by atoms with Gasteiger partial charge in [0, 0.05) is 12.6 Å². The van der Waals surface area contributed by atoms with Crippen molar-refractivity contribution < 1.29 is 17.9 Å². The largest absolute Gasteiger partial charge is 0.486 e. The van der Waals surface area contributed by atoms with Crippen LogP contribution in [0.25, 0.3) is 0 Å². The Morgan fingerprint density at radius 1 is 1.11 bits per heavy atom. The number of nitrogens with zero attached hydrogens (tertiary/aromatic N) is 2. The second-order valence-electron chi connectivity index (χ2n) is 6.70. The van der Waals surface area contributed by atoms with Gasteiger partial charge in [-0.3, -0.25) is 0 Å². The first-order valence-corrected chi connectivity index (χ1v) is 10.6. The topological polar surface area (TPSA) is 79.6 Å². The molecule has 0 radical (unpaired) electrons. The molecule has 0 unspecified atom stereocenters. The third-order valence-electron chi connectivity index (χ3n) is 4.99. The Labute approximate surface area is 159 Å². The second-order valence-corrected chi connectivity index (χ2v) is 8.62. The van der Waals surface area contributed by atoms with Gasteiger partial charge in [-0.15, -0.1) is 0 Å². The van der Waals surface area contributed by atoms with Crippen molar-refractivity contribution in [2.75, 3.05) is 19.8 Å². The van der Waals surface area contributed by atoms with Gasteiger partial charge in [0.25, 0.3) is 0 Å². The van der Waals surface area contributed by atoms with Gasteiger partial charge in [-0.2, -0.15) is 9.57 Å². The van der Waals surface area contributed by atoms with Crippen LogP contribution in [0, 0.1) is 11.3 Å². The maximum Gasteiger partial charge on any atom is 0.218 e. The fraction of sp³-hybridized carbons (Fsp3) is 0.350. The molecule has 0 spiro atoms. The quantitative estimate of drug-likeness (QED) is 0.810. The molecule has 2 aliphatic heterocycles. The summed E-state index contributed by atoms with van der Waals surface area (Å²) in [4.78, 5) is 0. The van der Waals surface area contributed by atoms with E-state index in [9.17, 15) is 13.7 Å². The molecule has 0 amide bonds. The summed E-state index contributed by atoms with van der Waals surface area (Å²) in [7, 11) is -3.55. The van der Waals surface area contributed by atoms with E-state index in [-0.39, 0.29) is 11.8 Å². The summed E-state index contributed by atoms with van der Waals surface area (Å²) in [5.74, 6) is 1.19. The first-order chi connectivity index (χ1) is 13.1. The Morgan fingerprint density at radius 2 is 1.89 bits per heavy atom. The van der Waals surface area contributed by atoms with E-state index in [0.717, 1.165) is 18.4 Å². The highest BCUT2D eigenvalue weighted by molar-refractivity contribution is 7.88. The lowest BCUT2D eigenvalue weighted by molar-refractivity contribution is 0.171. The lowest BCUT2D eigenvalue weighted by Gasteiger charge is -2.26. The van der Waals surface area contributed by atoms with Crippen LogP contribution < -0.4 is 9.47 Å². The average molecular weight is 384 g/mol. The van der Waals surface area contributed by atoms with Crippen LogP contribution in [0.4, 0.5) is 0 Å². The highest BCUT2D eigenvalue weighted by Gasteiger charge is 2.36. The predicted octanol–water partition coefficient (Wildman–Crippen LogP) is 3.00. The van der Waals surface area contributed by atoms with E-state index in [1.807, 2.05) is 18.2 Å². The van der Waals surface area contributed by atoms with E-state index in [1.54, 1.807) is 28.6 Å². The summed E-state index contributed by atoms with van der Waals surface area (Å²) in [6.07, 6.45) is 1.57. The van der Waals surface area contributed by atoms with E-state index < -0.39 is 10.0 Å². The van der Waals surface area contributed by atoms with Crippen LogP contribution in [-0.4, -0.2) is 32.5 Å². The maximum absolute atomic E-state index is 13.1. The minimum atomic E-state index is -3.55. The van der Waals surface area contributed by atoms with Crippen LogP contribution in [-0.2, 0) is 15.8 Å². The summed E-state index contributed by atoms with van der Waals surface area (Å²) >= 11 is 0. The van der Waals surface area contributed by atoms with Gasteiger partial charge in [0.1, 0.15) is 13.2 Å². The molecule has 1 atom stereocenters. The zero-order valence-corrected chi connectivity index (χ0v) is 15.6. The van der Waals surface area contributed by atoms with Crippen molar-refractivity contribution in [1.29, 1.82) is 5.26 Å². The molecule has 6 nitrogen and oxygen atoms in total. The minimum Gasteiger partial charge on any atom is -0.486 e. The molecule has 7 heteroatoms. The number of hydrogen-bond acceptors (Lipinski definition) is 5. The van der Waals surface area contributed by atoms with Crippen LogP contribution in [0.1, 0.15) is 35.6 Å². The molecule has 1 fully saturated rings. The maximum atomic E-state index is 13.1. The molecular formula is C20H20N2O4S. The monoisotopic (exact) mass is 384 g/mol. The van der Waals surface area contributed by atoms with Crippen molar-refractivity contribution in [1.82, 2.24) is 4.31 Å². The molecule has 2 aromatic carbocycles. The highest BCUT2D eigenvalue weighted by Crippen LogP contribution is 2.39. The molecule has 0 bridgehead atoms. The molecule has 1 saturated heterocycles. The van der Waals surface area contributed by atoms with Crippen LogP contribution in [0.15, 0.2) is 42.5 Å². The Hall–Kier alpha value is -2.56. The van der Waals surface area contributed by atoms with Gasteiger partial charge in [-0.25, -0.2) is 8.42 Å². The first kappa shape index (κ1) is 17.8. The van der Waals surface area contributed by atoms with Crippen molar-refractivity contribution in [2.45, 2.75) is 24.6 Å². The fourth-order valence-corrected chi connectivity index (χ4v) is 5.54. The van der Waals surface area contributed by atoms with Crippen molar-refractivity contribution in [3.63, 3.8) is 0 Å². The second kappa shape index (κ2) is 7.22. The highest BCUT2D eigenvalue weighted by atomic mass is 32.2. The predicted molar refractivity (Wildman–Crippen MR) is 99.9 cm³/mol. The molecule has 0 saturated carbocycles. The van der Waals surface area contributed by atoms with Crippen molar-refractivity contribution in [3.8, 4) is 17.6 Å². The van der Waals surface area contributed by atoms with E-state index in [0.29, 0.717) is 42.4 Å². The lowest BCUT2D eigenvalue weighted by atomic mass is 10.0. The number of sulfonamides is 1. The van der Waals surface area contributed by atoms with Crippen molar-refractivity contribution in [2.24, 2.45) is 0 Å². The van der Waals surface area contributed by atoms with Crippen LogP contribution in [0.3, 0.4) is 0 Å². The summed E-state index contributed by atoms with van der Waals surface area (Å²) in [5, 5.41) is 9.24. The van der Waals surface area contributed by atoms with Gasteiger partial charge >= 0.3 is 0 Å². The Balaban J connectivity index is 1.62. The molecule has 2 aromatic rings. The van der Waals surface area contributed by atoms with Crippen molar-refractivity contribution in [3.05, 3.63) is 59.2 Å². The average Bonchev–Trinajstić information content (AvgIpc) is 3.19. The van der Waals surface area contributed by atoms with E-state index in [4.69, 9.17) is 9.47 Å². The summed E-state index contributed by atoms with van der Waals surface area (Å²) in [6, 6.07) is 14.3. The van der Waals surface area contributed by atoms with E-state index >= 15 is 0 Å².